The van der Waals surface area contributed by atoms with Crippen molar-refractivity contribution < 1.29 is 13.9 Å². The highest BCUT2D eigenvalue weighted by Crippen LogP contribution is 2.52. The predicted molar refractivity (Wildman–Crippen MR) is 118 cm³/mol. The van der Waals surface area contributed by atoms with Gasteiger partial charge in [-0.2, -0.15) is 5.26 Å². The highest BCUT2D eigenvalue weighted by molar-refractivity contribution is 5.92. The molecule has 3 aliphatic rings. The number of amides is 1. The maximum absolute atomic E-state index is 15.4. The number of hydrogen-bond donors (Lipinski definition) is 1. The van der Waals surface area contributed by atoms with Gasteiger partial charge >= 0.3 is 6.09 Å². The Morgan fingerprint density at radius 1 is 1.34 bits per heavy atom. The van der Waals surface area contributed by atoms with Gasteiger partial charge in [-0.1, -0.05) is 0 Å². The van der Waals surface area contributed by atoms with Crippen LogP contribution in [0.15, 0.2) is 16.9 Å². The summed E-state index contributed by atoms with van der Waals surface area (Å²) in [5.41, 5.74) is 0.722. The molecule has 2 heterocycles. The van der Waals surface area contributed by atoms with Crippen molar-refractivity contribution in [2.24, 2.45) is 5.92 Å². The van der Waals surface area contributed by atoms with Crippen LogP contribution in [-0.4, -0.2) is 34.9 Å². The fourth-order valence-corrected chi connectivity index (χ4v) is 5.18. The highest BCUT2D eigenvalue weighted by atomic mass is 19.1. The third kappa shape index (κ3) is 3.31. The number of piperidine rings is 1. The number of nitrogens with zero attached hydrogens (tertiary/aromatic N) is 3. The zero-order chi connectivity index (χ0) is 23.0. The lowest BCUT2D eigenvalue weighted by Crippen LogP contribution is -2.44. The molecule has 1 saturated heterocycles. The highest BCUT2D eigenvalue weighted by Gasteiger charge is 2.61. The van der Waals surface area contributed by atoms with Gasteiger partial charge in [0.15, 0.2) is 0 Å². The van der Waals surface area contributed by atoms with Crippen molar-refractivity contribution in [1.82, 2.24) is 9.88 Å². The Kier molecular flexibility index (Phi) is 4.36. The van der Waals surface area contributed by atoms with E-state index in [9.17, 15) is 14.9 Å². The van der Waals surface area contributed by atoms with Crippen LogP contribution in [-0.2, 0) is 4.74 Å². The Morgan fingerprint density at radius 2 is 2.06 bits per heavy atom. The Labute approximate surface area is 185 Å². The molecule has 2 aliphatic carbocycles. The average molecular weight is 439 g/mol. The number of carbonyl (C=O) groups is 1. The number of carbonyl (C=O) groups excluding carboxylic acids is 1. The molecule has 0 spiro atoms. The van der Waals surface area contributed by atoms with Crippen molar-refractivity contribution in [2.45, 2.75) is 64.1 Å². The van der Waals surface area contributed by atoms with Gasteiger partial charge in [-0.05, 0) is 58.6 Å². The number of nitriles is 1. The number of alkyl carbamates (subject to hydrolysis) is 1. The van der Waals surface area contributed by atoms with E-state index in [0.29, 0.717) is 35.2 Å². The molecule has 32 heavy (non-hydrogen) atoms. The van der Waals surface area contributed by atoms with Crippen LogP contribution in [0.2, 0.25) is 0 Å². The largest absolute Gasteiger partial charge is 0.444 e. The van der Waals surface area contributed by atoms with E-state index in [4.69, 9.17) is 4.74 Å². The Morgan fingerprint density at radius 3 is 2.69 bits per heavy atom. The predicted octanol–water partition coefficient (Wildman–Crippen LogP) is 3.76. The summed E-state index contributed by atoms with van der Waals surface area (Å²) in [5.74, 6) is -0.193. The van der Waals surface area contributed by atoms with Crippen LogP contribution in [0, 0.1) is 30.0 Å². The quantitative estimate of drug-likeness (QED) is 0.789. The van der Waals surface area contributed by atoms with E-state index in [2.05, 4.69) is 5.32 Å². The van der Waals surface area contributed by atoms with E-state index in [0.717, 1.165) is 19.3 Å². The first kappa shape index (κ1) is 20.8. The molecule has 1 aromatic carbocycles. The second kappa shape index (κ2) is 6.71. The van der Waals surface area contributed by atoms with Gasteiger partial charge in [0.1, 0.15) is 17.5 Å². The van der Waals surface area contributed by atoms with Crippen LogP contribution >= 0.6 is 0 Å². The minimum absolute atomic E-state index is 0.0990. The van der Waals surface area contributed by atoms with E-state index in [-0.39, 0.29) is 23.1 Å². The summed E-state index contributed by atoms with van der Waals surface area (Å²) in [6.45, 7) is 8.36. The Balaban J connectivity index is 1.52. The van der Waals surface area contributed by atoms with Gasteiger partial charge < -0.3 is 19.5 Å². The molecule has 1 aromatic heterocycles. The molecule has 7 nitrogen and oxygen atoms in total. The van der Waals surface area contributed by atoms with Crippen LogP contribution < -0.4 is 15.8 Å². The van der Waals surface area contributed by atoms with E-state index >= 15 is 4.39 Å². The topological polar surface area (TPSA) is 87.4 Å². The van der Waals surface area contributed by atoms with Crippen LogP contribution in [0.25, 0.3) is 10.9 Å². The first-order chi connectivity index (χ1) is 15.0. The summed E-state index contributed by atoms with van der Waals surface area (Å²) in [5, 5.41) is 13.0. The van der Waals surface area contributed by atoms with Crippen molar-refractivity contribution in [2.75, 3.05) is 18.0 Å². The monoisotopic (exact) mass is 438 g/mol. The molecule has 0 bridgehead atoms. The molecule has 2 atom stereocenters. The normalized spacial score (nSPS) is 24.2. The van der Waals surface area contributed by atoms with Crippen LogP contribution in [0.5, 0.6) is 0 Å². The number of halogens is 1. The molecule has 3 fully saturated rings. The number of fused-ring (bicyclic) bond motifs is 2. The summed E-state index contributed by atoms with van der Waals surface area (Å²) in [6, 6.07) is 4.84. The molecular formula is C24H27FN4O3. The molecule has 0 radical (unpaired) electrons. The number of hydrogen-bond acceptors (Lipinski definition) is 5. The minimum atomic E-state index is -0.588. The number of pyridine rings is 1. The van der Waals surface area contributed by atoms with Crippen molar-refractivity contribution in [3.05, 3.63) is 39.4 Å². The lowest BCUT2D eigenvalue weighted by atomic mass is 10.0. The second-order valence-electron chi connectivity index (χ2n) is 10.4. The number of anilines is 1. The van der Waals surface area contributed by atoms with Crippen molar-refractivity contribution in [1.29, 1.82) is 5.26 Å². The Hall–Kier alpha value is -3.08. The summed E-state index contributed by atoms with van der Waals surface area (Å²) in [4.78, 5) is 27.0. The van der Waals surface area contributed by atoms with E-state index in [1.165, 1.54) is 12.1 Å². The number of aryl methyl sites for hydroxylation is 1. The molecule has 2 unspecified atom stereocenters. The van der Waals surface area contributed by atoms with Crippen LogP contribution in [0.4, 0.5) is 14.9 Å². The van der Waals surface area contributed by atoms with Gasteiger partial charge in [0.2, 0.25) is 0 Å². The third-order valence-electron chi connectivity index (χ3n) is 6.74. The van der Waals surface area contributed by atoms with Gasteiger partial charge in [0, 0.05) is 36.5 Å². The second-order valence-corrected chi connectivity index (χ2v) is 10.4. The van der Waals surface area contributed by atoms with Gasteiger partial charge in [0.25, 0.3) is 5.56 Å². The maximum Gasteiger partial charge on any atom is 0.408 e. The first-order valence-electron chi connectivity index (χ1n) is 11.1. The van der Waals surface area contributed by atoms with Crippen molar-refractivity contribution >= 4 is 22.7 Å². The number of aromatic nitrogens is 1. The van der Waals surface area contributed by atoms with E-state index in [1.807, 2.05) is 38.7 Å². The average Bonchev–Trinajstić information content (AvgIpc) is 3.58. The molecule has 5 rings (SSSR count). The first-order valence-corrected chi connectivity index (χ1v) is 11.1. The third-order valence-corrected chi connectivity index (χ3v) is 6.74. The van der Waals surface area contributed by atoms with Gasteiger partial charge in [-0.3, -0.25) is 4.79 Å². The molecule has 2 saturated carbocycles. The van der Waals surface area contributed by atoms with Crippen molar-refractivity contribution in [3.63, 3.8) is 0 Å². The van der Waals surface area contributed by atoms with Crippen molar-refractivity contribution in [3.8, 4) is 6.07 Å². The minimum Gasteiger partial charge on any atom is -0.444 e. The SMILES string of the molecule is Cc1c(N2CC3CC3(NC(=O)OC(C)(C)C)C2)c(F)cc2c(C#N)cc(=O)n(C3CC3)c12. The summed E-state index contributed by atoms with van der Waals surface area (Å²) in [7, 11) is 0. The molecule has 1 amide bonds. The summed E-state index contributed by atoms with van der Waals surface area (Å²) >= 11 is 0. The lowest BCUT2D eigenvalue weighted by Gasteiger charge is -2.28. The fraction of sp³-hybridized carbons (Fsp3) is 0.542. The number of ether oxygens (including phenoxy) is 1. The molecule has 1 N–H and O–H groups in total. The van der Waals surface area contributed by atoms with Gasteiger partial charge in [0.05, 0.1) is 22.3 Å². The number of benzene rings is 1. The number of nitrogens with one attached hydrogen (secondary N) is 1. The zero-order valence-electron chi connectivity index (χ0n) is 18.8. The maximum atomic E-state index is 15.4. The van der Waals surface area contributed by atoms with E-state index in [1.54, 1.807) is 4.57 Å². The summed E-state index contributed by atoms with van der Waals surface area (Å²) in [6.07, 6.45) is 2.19. The van der Waals surface area contributed by atoms with Gasteiger partial charge in [-0.15, -0.1) is 0 Å². The lowest BCUT2D eigenvalue weighted by molar-refractivity contribution is 0.0498. The molecule has 8 heteroatoms. The fourth-order valence-electron chi connectivity index (χ4n) is 5.18. The zero-order valence-corrected chi connectivity index (χ0v) is 18.8. The molecule has 2 aromatic rings. The molecular weight excluding hydrogens is 411 g/mol. The molecule has 168 valence electrons. The number of rotatable bonds is 3. The Bertz CT molecular complexity index is 1250. The van der Waals surface area contributed by atoms with Gasteiger partial charge in [-0.25, -0.2) is 9.18 Å². The smallest absolute Gasteiger partial charge is 0.408 e. The van der Waals surface area contributed by atoms with Crippen LogP contribution in [0.1, 0.15) is 57.2 Å². The van der Waals surface area contributed by atoms with Crippen LogP contribution in [0.3, 0.4) is 0 Å². The summed E-state index contributed by atoms with van der Waals surface area (Å²) < 4.78 is 22.5. The standard InChI is InChI=1S/C24H27FN4O3/c1-13-20-17(14(10-26)7-19(30)29(20)16-5-6-16)8-18(25)21(13)28-11-15-9-24(15,12-28)27-22(31)32-23(2,3)4/h7-8,15-16H,5-6,9,11-12H2,1-4H3,(H,27,31). The van der Waals surface area contributed by atoms with E-state index < -0.39 is 23.1 Å². The molecule has 1 aliphatic heterocycles.